The first-order valence-electron chi connectivity index (χ1n) is 8.21. The zero-order chi connectivity index (χ0) is 18.2. The third-order valence-corrected chi connectivity index (χ3v) is 3.71. The highest BCUT2D eigenvalue weighted by atomic mass is 19.1. The number of aliphatic hydroxyl groups is 1. The molecule has 1 atom stereocenters. The van der Waals surface area contributed by atoms with E-state index in [4.69, 9.17) is 0 Å². The summed E-state index contributed by atoms with van der Waals surface area (Å²) in [6.45, 7) is 4.76. The summed E-state index contributed by atoms with van der Waals surface area (Å²) in [6.07, 6.45) is -0.988. The molecule has 0 saturated heterocycles. The standard InChI is InChI=1S/C19H23F2N3O/c1-3-22-19(23-11-14-8-9-16(20)13(2)10-14)24-12-18(25)15-6-4-5-7-17(15)21/h4-10,18,25H,3,11-12H2,1-2H3,(H2,22,23,24). The first-order chi connectivity index (χ1) is 12.0. The van der Waals surface area contributed by atoms with Gasteiger partial charge in [-0.15, -0.1) is 0 Å². The number of benzene rings is 2. The molecular weight excluding hydrogens is 324 g/mol. The lowest BCUT2D eigenvalue weighted by atomic mass is 10.1. The minimum Gasteiger partial charge on any atom is -0.386 e. The molecule has 4 nitrogen and oxygen atoms in total. The molecule has 2 aromatic rings. The van der Waals surface area contributed by atoms with Crippen LogP contribution >= 0.6 is 0 Å². The van der Waals surface area contributed by atoms with Gasteiger partial charge in [0, 0.05) is 18.7 Å². The molecule has 2 rings (SSSR count). The minimum absolute atomic E-state index is 0.120. The van der Waals surface area contributed by atoms with E-state index in [1.54, 1.807) is 37.3 Å². The molecule has 0 fully saturated rings. The molecule has 134 valence electrons. The molecule has 0 aromatic heterocycles. The molecule has 0 bridgehead atoms. The predicted molar refractivity (Wildman–Crippen MR) is 95.3 cm³/mol. The van der Waals surface area contributed by atoms with Crippen LogP contribution in [-0.2, 0) is 6.54 Å². The van der Waals surface area contributed by atoms with Crippen LogP contribution in [0.3, 0.4) is 0 Å². The van der Waals surface area contributed by atoms with Gasteiger partial charge in [0.2, 0.25) is 0 Å². The molecule has 6 heteroatoms. The van der Waals surface area contributed by atoms with Gasteiger partial charge in [0.25, 0.3) is 0 Å². The molecule has 0 aliphatic carbocycles. The van der Waals surface area contributed by atoms with E-state index in [-0.39, 0.29) is 17.9 Å². The van der Waals surface area contributed by atoms with Crippen molar-refractivity contribution in [3.63, 3.8) is 0 Å². The Kier molecular flexibility index (Phi) is 6.89. The summed E-state index contributed by atoms with van der Waals surface area (Å²) in [5, 5.41) is 16.2. The van der Waals surface area contributed by atoms with Gasteiger partial charge >= 0.3 is 0 Å². The highest BCUT2D eigenvalue weighted by Crippen LogP contribution is 2.15. The Hall–Kier alpha value is -2.47. The van der Waals surface area contributed by atoms with E-state index < -0.39 is 11.9 Å². The number of hydrogen-bond acceptors (Lipinski definition) is 2. The summed E-state index contributed by atoms with van der Waals surface area (Å²) >= 11 is 0. The summed E-state index contributed by atoms with van der Waals surface area (Å²) in [4.78, 5) is 4.41. The van der Waals surface area contributed by atoms with Gasteiger partial charge in [-0.25, -0.2) is 13.8 Å². The maximum atomic E-state index is 13.7. The molecule has 0 aliphatic rings. The smallest absolute Gasteiger partial charge is 0.191 e. The Labute approximate surface area is 146 Å². The molecule has 25 heavy (non-hydrogen) atoms. The maximum Gasteiger partial charge on any atom is 0.191 e. The zero-order valence-electron chi connectivity index (χ0n) is 14.4. The first-order valence-corrected chi connectivity index (χ1v) is 8.21. The van der Waals surface area contributed by atoms with E-state index in [2.05, 4.69) is 15.6 Å². The van der Waals surface area contributed by atoms with E-state index >= 15 is 0 Å². The van der Waals surface area contributed by atoms with Crippen molar-refractivity contribution < 1.29 is 13.9 Å². The average Bonchev–Trinajstić information content (AvgIpc) is 2.60. The summed E-state index contributed by atoms with van der Waals surface area (Å²) in [5.74, 6) is -0.189. The molecule has 0 saturated carbocycles. The zero-order valence-corrected chi connectivity index (χ0v) is 14.4. The first kappa shape index (κ1) is 18.9. The van der Waals surface area contributed by atoms with Crippen LogP contribution in [0.2, 0.25) is 0 Å². The second kappa shape index (κ2) is 9.13. The van der Waals surface area contributed by atoms with Gasteiger partial charge in [-0.2, -0.15) is 0 Å². The summed E-state index contributed by atoms with van der Waals surface area (Å²) < 4.78 is 27.0. The minimum atomic E-state index is -0.988. The van der Waals surface area contributed by atoms with Crippen LogP contribution in [0, 0.1) is 18.6 Å². The Balaban J connectivity index is 1.99. The van der Waals surface area contributed by atoms with Crippen LogP contribution in [-0.4, -0.2) is 24.2 Å². The van der Waals surface area contributed by atoms with E-state index in [1.807, 2.05) is 6.92 Å². The van der Waals surface area contributed by atoms with Crippen molar-refractivity contribution in [1.82, 2.24) is 10.6 Å². The maximum absolute atomic E-state index is 13.7. The molecule has 3 N–H and O–H groups in total. The SMILES string of the molecule is CCNC(=NCc1ccc(F)c(C)c1)NCC(O)c1ccccc1F. The average molecular weight is 347 g/mol. The van der Waals surface area contributed by atoms with Crippen molar-refractivity contribution in [3.05, 3.63) is 70.8 Å². The van der Waals surface area contributed by atoms with Gasteiger partial charge in [0.05, 0.1) is 12.6 Å². The number of halogens is 2. The van der Waals surface area contributed by atoms with Crippen LogP contribution in [0.25, 0.3) is 0 Å². The van der Waals surface area contributed by atoms with Gasteiger partial charge in [-0.1, -0.05) is 30.3 Å². The fourth-order valence-electron chi connectivity index (χ4n) is 2.37. The number of hydrogen-bond donors (Lipinski definition) is 3. The van der Waals surface area contributed by atoms with Crippen molar-refractivity contribution in [2.45, 2.75) is 26.5 Å². The van der Waals surface area contributed by atoms with E-state index in [0.29, 0.717) is 24.6 Å². The molecule has 2 aromatic carbocycles. The molecular formula is C19H23F2N3O. The largest absolute Gasteiger partial charge is 0.386 e. The molecule has 0 radical (unpaired) electrons. The van der Waals surface area contributed by atoms with Crippen molar-refractivity contribution in [2.24, 2.45) is 4.99 Å². The fraction of sp³-hybridized carbons (Fsp3) is 0.316. The van der Waals surface area contributed by atoms with E-state index in [1.165, 1.54) is 12.1 Å². The van der Waals surface area contributed by atoms with Crippen LogP contribution in [0.1, 0.15) is 29.7 Å². The molecule has 0 spiro atoms. The van der Waals surface area contributed by atoms with Gasteiger partial charge in [-0.05, 0) is 37.1 Å². The quantitative estimate of drug-likeness (QED) is 0.556. The topological polar surface area (TPSA) is 56.7 Å². The van der Waals surface area contributed by atoms with Gasteiger partial charge in [0.1, 0.15) is 11.6 Å². The second-order valence-corrected chi connectivity index (χ2v) is 5.70. The lowest BCUT2D eigenvalue weighted by Gasteiger charge is -2.16. The normalized spacial score (nSPS) is 12.8. The summed E-state index contributed by atoms with van der Waals surface area (Å²) in [6, 6.07) is 11.0. The van der Waals surface area contributed by atoms with Gasteiger partial charge < -0.3 is 15.7 Å². The van der Waals surface area contributed by atoms with E-state index in [0.717, 1.165) is 5.56 Å². The number of nitrogens with zero attached hydrogens (tertiary/aromatic N) is 1. The predicted octanol–water partition coefficient (Wildman–Crippen LogP) is 3.06. The molecule has 0 heterocycles. The van der Waals surface area contributed by atoms with Crippen molar-refractivity contribution >= 4 is 5.96 Å². The Morgan fingerprint density at radius 1 is 1.12 bits per heavy atom. The number of guanidine groups is 1. The second-order valence-electron chi connectivity index (χ2n) is 5.70. The van der Waals surface area contributed by atoms with Crippen LogP contribution < -0.4 is 10.6 Å². The molecule has 1 unspecified atom stereocenters. The summed E-state index contributed by atoms with van der Waals surface area (Å²) in [5.41, 5.74) is 1.69. The number of aliphatic imine (C=N–C) groups is 1. The Morgan fingerprint density at radius 3 is 2.56 bits per heavy atom. The van der Waals surface area contributed by atoms with Crippen molar-refractivity contribution in [2.75, 3.05) is 13.1 Å². The lowest BCUT2D eigenvalue weighted by Crippen LogP contribution is -2.39. The third-order valence-electron chi connectivity index (χ3n) is 3.71. The number of aryl methyl sites for hydroxylation is 1. The summed E-state index contributed by atoms with van der Waals surface area (Å²) in [7, 11) is 0. The van der Waals surface area contributed by atoms with E-state index in [9.17, 15) is 13.9 Å². The Bertz CT molecular complexity index is 734. The van der Waals surface area contributed by atoms with Crippen LogP contribution in [0.5, 0.6) is 0 Å². The number of aliphatic hydroxyl groups excluding tert-OH is 1. The number of rotatable bonds is 6. The monoisotopic (exact) mass is 347 g/mol. The molecule has 0 amide bonds. The lowest BCUT2D eigenvalue weighted by molar-refractivity contribution is 0.176. The fourth-order valence-corrected chi connectivity index (χ4v) is 2.37. The number of nitrogens with one attached hydrogen (secondary N) is 2. The van der Waals surface area contributed by atoms with Gasteiger partial charge in [0.15, 0.2) is 5.96 Å². The van der Waals surface area contributed by atoms with Crippen LogP contribution in [0.15, 0.2) is 47.5 Å². The third kappa shape index (κ3) is 5.53. The van der Waals surface area contributed by atoms with Crippen molar-refractivity contribution in [1.29, 1.82) is 0 Å². The molecule has 0 aliphatic heterocycles. The highest BCUT2D eigenvalue weighted by molar-refractivity contribution is 5.79. The van der Waals surface area contributed by atoms with Crippen LogP contribution in [0.4, 0.5) is 8.78 Å². The highest BCUT2D eigenvalue weighted by Gasteiger charge is 2.12. The van der Waals surface area contributed by atoms with Crippen molar-refractivity contribution in [3.8, 4) is 0 Å². The Morgan fingerprint density at radius 2 is 1.88 bits per heavy atom. The van der Waals surface area contributed by atoms with Gasteiger partial charge in [-0.3, -0.25) is 0 Å².